The van der Waals surface area contributed by atoms with Gasteiger partial charge < -0.3 is 14.9 Å². The summed E-state index contributed by atoms with van der Waals surface area (Å²) in [5.74, 6) is -1.41. The Morgan fingerprint density at radius 3 is 2.78 bits per heavy atom. The number of likely N-dealkylation sites (N-methyl/N-ethyl adjacent to an activating group) is 1. The number of nitrogens with zero attached hydrogens (tertiary/aromatic N) is 2. The molecule has 1 unspecified atom stereocenters. The molecule has 1 amide bonds. The zero-order chi connectivity index (χ0) is 13.3. The van der Waals surface area contributed by atoms with Crippen molar-refractivity contribution in [2.75, 3.05) is 26.7 Å². The maximum Gasteiger partial charge on any atom is 0.260 e. The van der Waals surface area contributed by atoms with Gasteiger partial charge >= 0.3 is 0 Å². The van der Waals surface area contributed by atoms with Crippen LogP contribution in [0.3, 0.4) is 0 Å². The second-order valence-corrected chi connectivity index (χ2v) is 4.74. The van der Waals surface area contributed by atoms with Gasteiger partial charge in [-0.15, -0.1) is 0 Å². The summed E-state index contributed by atoms with van der Waals surface area (Å²) in [4.78, 5) is 16.0. The predicted molar refractivity (Wildman–Crippen MR) is 66.1 cm³/mol. The quantitative estimate of drug-likeness (QED) is 0.819. The Kier molecular flexibility index (Phi) is 3.52. The van der Waals surface area contributed by atoms with Crippen LogP contribution in [0.15, 0.2) is 18.2 Å². The zero-order valence-electron chi connectivity index (χ0n) is 10.6. The fourth-order valence-electron chi connectivity index (χ4n) is 2.31. The number of piperazine rings is 1. The lowest BCUT2D eigenvalue weighted by Crippen LogP contribution is -2.52. The van der Waals surface area contributed by atoms with E-state index < -0.39 is 11.7 Å². The Hall–Kier alpha value is -1.62. The smallest absolute Gasteiger partial charge is 0.260 e. The molecule has 0 bridgehead atoms. The molecule has 2 rings (SSSR count). The number of amides is 1. The molecule has 0 aromatic heterocycles. The number of carbonyl (C=O) groups is 1. The molecule has 18 heavy (non-hydrogen) atoms. The lowest BCUT2D eigenvalue weighted by Gasteiger charge is -2.38. The molecule has 5 heteroatoms. The minimum atomic E-state index is -0.675. The lowest BCUT2D eigenvalue weighted by atomic mass is 10.1. The van der Waals surface area contributed by atoms with Crippen LogP contribution in [0.1, 0.15) is 17.3 Å². The van der Waals surface area contributed by atoms with Gasteiger partial charge in [0.2, 0.25) is 0 Å². The van der Waals surface area contributed by atoms with Gasteiger partial charge in [-0.25, -0.2) is 4.39 Å². The maximum atomic E-state index is 13.6. The van der Waals surface area contributed by atoms with E-state index in [-0.39, 0.29) is 17.4 Å². The number of aromatic hydroxyl groups is 1. The largest absolute Gasteiger partial charge is 0.507 e. The molecule has 1 aliphatic heterocycles. The first kappa shape index (κ1) is 12.8. The van der Waals surface area contributed by atoms with Gasteiger partial charge in [0.25, 0.3) is 5.91 Å². The van der Waals surface area contributed by atoms with E-state index in [1.165, 1.54) is 18.2 Å². The molecule has 1 N–H and O–H groups in total. The lowest BCUT2D eigenvalue weighted by molar-refractivity contribution is 0.0526. The van der Waals surface area contributed by atoms with E-state index in [9.17, 15) is 14.3 Å². The molecule has 1 aromatic rings. The summed E-state index contributed by atoms with van der Waals surface area (Å²) in [5, 5.41) is 9.63. The van der Waals surface area contributed by atoms with Gasteiger partial charge in [0.1, 0.15) is 17.1 Å². The maximum absolute atomic E-state index is 13.6. The summed E-state index contributed by atoms with van der Waals surface area (Å²) >= 11 is 0. The Labute approximate surface area is 106 Å². The van der Waals surface area contributed by atoms with Crippen LogP contribution in [-0.2, 0) is 0 Å². The third-order valence-electron chi connectivity index (χ3n) is 3.30. The SMILES string of the molecule is CC1CN(C)CCN1C(=O)c1c(O)cccc1F. The molecular weight excluding hydrogens is 235 g/mol. The molecule has 0 aliphatic carbocycles. The number of phenols is 1. The van der Waals surface area contributed by atoms with Gasteiger partial charge in [-0.1, -0.05) is 6.07 Å². The average Bonchev–Trinajstić information content (AvgIpc) is 2.28. The van der Waals surface area contributed by atoms with Crippen LogP contribution in [0.2, 0.25) is 0 Å². The Morgan fingerprint density at radius 1 is 1.44 bits per heavy atom. The van der Waals surface area contributed by atoms with Crippen molar-refractivity contribution >= 4 is 5.91 Å². The minimum Gasteiger partial charge on any atom is -0.507 e. The van der Waals surface area contributed by atoms with E-state index in [1.54, 1.807) is 4.90 Å². The molecule has 1 saturated heterocycles. The molecule has 1 heterocycles. The monoisotopic (exact) mass is 252 g/mol. The molecule has 1 aliphatic rings. The molecule has 0 spiro atoms. The van der Waals surface area contributed by atoms with Crippen molar-refractivity contribution in [3.8, 4) is 5.75 Å². The number of hydrogen-bond donors (Lipinski definition) is 1. The van der Waals surface area contributed by atoms with Gasteiger partial charge in [0.15, 0.2) is 0 Å². The van der Waals surface area contributed by atoms with Crippen molar-refractivity contribution in [1.29, 1.82) is 0 Å². The molecule has 1 atom stereocenters. The van der Waals surface area contributed by atoms with Crippen LogP contribution in [0, 0.1) is 5.82 Å². The highest BCUT2D eigenvalue weighted by Gasteiger charge is 2.29. The van der Waals surface area contributed by atoms with Crippen LogP contribution in [0.25, 0.3) is 0 Å². The molecule has 98 valence electrons. The first-order valence-electron chi connectivity index (χ1n) is 5.97. The fourth-order valence-corrected chi connectivity index (χ4v) is 2.31. The second kappa shape index (κ2) is 4.94. The van der Waals surface area contributed by atoms with Crippen LogP contribution >= 0.6 is 0 Å². The summed E-state index contributed by atoms with van der Waals surface area (Å²) in [6.07, 6.45) is 0. The van der Waals surface area contributed by atoms with Crippen LogP contribution < -0.4 is 0 Å². The summed E-state index contributed by atoms with van der Waals surface area (Å²) in [6, 6.07) is 3.91. The standard InChI is InChI=1S/C13H17FN2O2/c1-9-8-15(2)6-7-16(9)13(18)12-10(14)4-3-5-11(12)17/h3-5,9,17H,6-8H2,1-2H3. The van der Waals surface area contributed by atoms with E-state index in [1.807, 2.05) is 14.0 Å². The van der Waals surface area contributed by atoms with Crippen molar-refractivity contribution in [1.82, 2.24) is 9.80 Å². The average molecular weight is 252 g/mol. The minimum absolute atomic E-state index is 0.00950. The molecule has 4 nitrogen and oxygen atoms in total. The Morgan fingerprint density at radius 2 is 2.17 bits per heavy atom. The number of halogens is 1. The highest BCUT2D eigenvalue weighted by molar-refractivity contribution is 5.97. The van der Waals surface area contributed by atoms with Crippen molar-refractivity contribution in [2.24, 2.45) is 0 Å². The Bertz CT molecular complexity index is 444. The van der Waals surface area contributed by atoms with E-state index in [0.717, 1.165) is 13.1 Å². The van der Waals surface area contributed by atoms with Gasteiger partial charge in [-0.05, 0) is 26.1 Å². The summed E-state index contributed by atoms with van der Waals surface area (Å²) < 4.78 is 13.6. The van der Waals surface area contributed by atoms with E-state index in [4.69, 9.17) is 0 Å². The third-order valence-corrected chi connectivity index (χ3v) is 3.30. The van der Waals surface area contributed by atoms with Crippen LogP contribution in [0.4, 0.5) is 4.39 Å². The van der Waals surface area contributed by atoms with E-state index in [2.05, 4.69) is 4.90 Å². The summed E-state index contributed by atoms with van der Waals surface area (Å²) in [5.41, 5.74) is -0.228. The van der Waals surface area contributed by atoms with E-state index >= 15 is 0 Å². The van der Waals surface area contributed by atoms with Crippen molar-refractivity contribution in [3.63, 3.8) is 0 Å². The highest BCUT2D eigenvalue weighted by Crippen LogP contribution is 2.23. The summed E-state index contributed by atoms with van der Waals surface area (Å²) in [7, 11) is 1.99. The van der Waals surface area contributed by atoms with Crippen molar-refractivity contribution < 1.29 is 14.3 Å². The zero-order valence-corrected chi connectivity index (χ0v) is 10.6. The van der Waals surface area contributed by atoms with Crippen molar-refractivity contribution in [2.45, 2.75) is 13.0 Å². The summed E-state index contributed by atoms with van der Waals surface area (Å²) in [6.45, 7) is 3.97. The van der Waals surface area contributed by atoms with Crippen LogP contribution in [0.5, 0.6) is 5.75 Å². The number of rotatable bonds is 1. The molecule has 1 aromatic carbocycles. The van der Waals surface area contributed by atoms with Crippen LogP contribution in [-0.4, -0.2) is 53.5 Å². The first-order valence-corrected chi connectivity index (χ1v) is 5.97. The fraction of sp³-hybridized carbons (Fsp3) is 0.462. The van der Waals surface area contributed by atoms with Gasteiger partial charge in [0, 0.05) is 25.7 Å². The second-order valence-electron chi connectivity index (χ2n) is 4.74. The third kappa shape index (κ3) is 2.31. The van der Waals surface area contributed by atoms with E-state index in [0.29, 0.717) is 6.54 Å². The van der Waals surface area contributed by atoms with Gasteiger partial charge in [-0.2, -0.15) is 0 Å². The first-order chi connectivity index (χ1) is 8.50. The molecule has 0 radical (unpaired) electrons. The Balaban J connectivity index is 2.26. The molecule has 1 fully saturated rings. The number of benzene rings is 1. The highest BCUT2D eigenvalue weighted by atomic mass is 19.1. The predicted octanol–water partition coefficient (Wildman–Crippen LogP) is 1.31. The van der Waals surface area contributed by atoms with Gasteiger partial charge in [0.05, 0.1) is 0 Å². The van der Waals surface area contributed by atoms with Gasteiger partial charge in [-0.3, -0.25) is 4.79 Å². The molecular formula is C13H17FN2O2. The molecule has 0 saturated carbocycles. The normalized spacial score (nSPS) is 21.1. The van der Waals surface area contributed by atoms with Crippen molar-refractivity contribution in [3.05, 3.63) is 29.6 Å². The number of carbonyl (C=O) groups excluding carboxylic acids is 1. The topological polar surface area (TPSA) is 43.8 Å². The number of phenolic OH excluding ortho intramolecular Hbond substituents is 1. The number of hydrogen-bond acceptors (Lipinski definition) is 3.